The molecule has 2 aromatic rings. The first kappa shape index (κ1) is 13.6. The molecule has 1 aromatic carbocycles. The van der Waals surface area contributed by atoms with Crippen molar-refractivity contribution in [1.82, 2.24) is 10.3 Å². The Labute approximate surface area is 115 Å². The number of rotatable bonds is 6. The van der Waals surface area contributed by atoms with E-state index in [2.05, 4.69) is 52.5 Å². The summed E-state index contributed by atoms with van der Waals surface area (Å²) < 4.78 is 0. The maximum absolute atomic E-state index is 4.55. The van der Waals surface area contributed by atoms with Crippen molar-refractivity contribution in [3.8, 4) is 0 Å². The van der Waals surface area contributed by atoms with Crippen LogP contribution in [0.2, 0.25) is 0 Å². The Hall–Kier alpha value is -1.87. The first-order valence-corrected chi connectivity index (χ1v) is 6.72. The van der Waals surface area contributed by atoms with Crippen LogP contribution in [-0.4, -0.2) is 18.6 Å². The van der Waals surface area contributed by atoms with Crippen LogP contribution in [0.3, 0.4) is 0 Å². The highest BCUT2D eigenvalue weighted by Crippen LogP contribution is 2.19. The zero-order valence-corrected chi connectivity index (χ0v) is 11.6. The summed E-state index contributed by atoms with van der Waals surface area (Å²) in [5.41, 5.74) is 2.55. The van der Waals surface area contributed by atoms with E-state index >= 15 is 0 Å². The lowest BCUT2D eigenvalue weighted by atomic mass is 10.2. The van der Waals surface area contributed by atoms with Crippen molar-refractivity contribution < 1.29 is 0 Å². The fourth-order valence-corrected chi connectivity index (χ4v) is 2.18. The maximum atomic E-state index is 4.55. The summed E-state index contributed by atoms with van der Waals surface area (Å²) in [5.74, 6) is 1.07. The van der Waals surface area contributed by atoms with Crippen LogP contribution in [0, 0.1) is 0 Å². The van der Waals surface area contributed by atoms with E-state index in [4.69, 9.17) is 0 Å². The van der Waals surface area contributed by atoms with Gasteiger partial charge in [0.2, 0.25) is 0 Å². The molecule has 1 heterocycles. The predicted octanol–water partition coefficient (Wildman–Crippen LogP) is 2.83. The average Bonchev–Trinajstić information content (AvgIpc) is 2.47. The van der Waals surface area contributed by atoms with Gasteiger partial charge in [0.15, 0.2) is 0 Å². The molecular weight excluding hydrogens is 234 g/mol. The molecule has 0 bridgehead atoms. The van der Waals surface area contributed by atoms with Gasteiger partial charge in [-0.2, -0.15) is 0 Å². The third kappa shape index (κ3) is 3.55. The normalized spacial score (nSPS) is 10.4. The Balaban J connectivity index is 2.22. The molecule has 0 aliphatic carbocycles. The van der Waals surface area contributed by atoms with E-state index in [1.807, 2.05) is 25.4 Å². The van der Waals surface area contributed by atoms with Gasteiger partial charge in [0.25, 0.3) is 0 Å². The van der Waals surface area contributed by atoms with E-state index in [1.165, 1.54) is 11.1 Å². The van der Waals surface area contributed by atoms with Crippen molar-refractivity contribution >= 4 is 5.82 Å². The topological polar surface area (TPSA) is 28.2 Å². The van der Waals surface area contributed by atoms with Crippen molar-refractivity contribution in [3.63, 3.8) is 0 Å². The number of aromatic nitrogens is 1. The summed E-state index contributed by atoms with van der Waals surface area (Å²) in [6.07, 6.45) is 1.86. The molecule has 0 saturated carbocycles. The van der Waals surface area contributed by atoms with Crippen LogP contribution in [0.1, 0.15) is 18.1 Å². The lowest BCUT2D eigenvalue weighted by molar-refractivity contribution is 0.770. The molecule has 0 fully saturated rings. The Morgan fingerprint density at radius 2 is 1.89 bits per heavy atom. The van der Waals surface area contributed by atoms with Gasteiger partial charge in [-0.3, -0.25) is 0 Å². The molecule has 0 saturated heterocycles. The maximum Gasteiger partial charge on any atom is 0.133 e. The highest BCUT2D eigenvalue weighted by molar-refractivity contribution is 5.47. The van der Waals surface area contributed by atoms with Crippen molar-refractivity contribution in [1.29, 1.82) is 0 Å². The van der Waals surface area contributed by atoms with Crippen LogP contribution in [0.5, 0.6) is 0 Å². The lowest BCUT2D eigenvalue weighted by Gasteiger charge is -2.24. The summed E-state index contributed by atoms with van der Waals surface area (Å²) in [6.45, 7) is 4.85. The van der Waals surface area contributed by atoms with Gasteiger partial charge in [-0.05, 0) is 25.6 Å². The van der Waals surface area contributed by atoms with Crippen LogP contribution in [-0.2, 0) is 13.1 Å². The standard InChI is InChI=1S/C16H21N3/c1-3-19(13-14-8-5-4-6-9-14)16-15(12-17-2)10-7-11-18-16/h4-11,17H,3,12-13H2,1-2H3. The van der Waals surface area contributed by atoms with Crippen LogP contribution in [0.4, 0.5) is 5.82 Å². The highest BCUT2D eigenvalue weighted by atomic mass is 15.2. The largest absolute Gasteiger partial charge is 0.352 e. The minimum absolute atomic E-state index is 0.842. The van der Waals surface area contributed by atoms with Gasteiger partial charge < -0.3 is 10.2 Å². The summed E-state index contributed by atoms with van der Waals surface area (Å²) in [7, 11) is 1.96. The minimum Gasteiger partial charge on any atom is -0.352 e. The van der Waals surface area contributed by atoms with E-state index in [0.29, 0.717) is 0 Å². The molecule has 3 heteroatoms. The fraction of sp³-hybridized carbons (Fsp3) is 0.312. The molecule has 0 unspecified atom stereocenters. The number of nitrogens with zero attached hydrogens (tertiary/aromatic N) is 2. The summed E-state index contributed by atoms with van der Waals surface area (Å²) >= 11 is 0. The average molecular weight is 255 g/mol. The zero-order valence-electron chi connectivity index (χ0n) is 11.6. The molecule has 1 N–H and O–H groups in total. The van der Waals surface area contributed by atoms with Crippen LogP contribution in [0.25, 0.3) is 0 Å². The monoisotopic (exact) mass is 255 g/mol. The molecule has 0 aliphatic rings. The second-order valence-electron chi connectivity index (χ2n) is 4.52. The number of hydrogen-bond acceptors (Lipinski definition) is 3. The van der Waals surface area contributed by atoms with E-state index in [-0.39, 0.29) is 0 Å². The van der Waals surface area contributed by atoms with Crippen LogP contribution < -0.4 is 10.2 Å². The van der Waals surface area contributed by atoms with Crippen molar-refractivity contribution in [3.05, 3.63) is 59.8 Å². The third-order valence-electron chi connectivity index (χ3n) is 3.13. The second kappa shape index (κ2) is 6.90. The first-order valence-electron chi connectivity index (χ1n) is 6.72. The Bertz CT molecular complexity index is 496. The number of hydrogen-bond donors (Lipinski definition) is 1. The second-order valence-corrected chi connectivity index (χ2v) is 4.52. The summed E-state index contributed by atoms with van der Waals surface area (Å²) in [4.78, 5) is 6.86. The summed E-state index contributed by atoms with van der Waals surface area (Å²) in [6, 6.07) is 14.6. The SMILES string of the molecule is CCN(Cc1ccccc1)c1ncccc1CNC. The van der Waals surface area contributed by atoms with E-state index < -0.39 is 0 Å². The first-order chi connectivity index (χ1) is 9.35. The number of anilines is 1. The molecule has 100 valence electrons. The summed E-state index contributed by atoms with van der Waals surface area (Å²) in [5, 5.41) is 3.20. The predicted molar refractivity (Wildman–Crippen MR) is 80.2 cm³/mol. The Morgan fingerprint density at radius 1 is 1.11 bits per heavy atom. The molecule has 19 heavy (non-hydrogen) atoms. The molecular formula is C16H21N3. The van der Waals surface area contributed by atoms with E-state index in [9.17, 15) is 0 Å². The van der Waals surface area contributed by atoms with E-state index in [0.717, 1.165) is 25.5 Å². The fourth-order valence-electron chi connectivity index (χ4n) is 2.18. The number of pyridine rings is 1. The van der Waals surface area contributed by atoms with Gasteiger partial charge in [-0.1, -0.05) is 36.4 Å². The zero-order chi connectivity index (χ0) is 13.5. The molecule has 3 nitrogen and oxygen atoms in total. The molecule has 0 amide bonds. The van der Waals surface area contributed by atoms with E-state index in [1.54, 1.807) is 0 Å². The highest BCUT2D eigenvalue weighted by Gasteiger charge is 2.10. The van der Waals surface area contributed by atoms with Gasteiger partial charge in [0.05, 0.1) is 0 Å². The van der Waals surface area contributed by atoms with Gasteiger partial charge in [-0.15, -0.1) is 0 Å². The van der Waals surface area contributed by atoms with Gasteiger partial charge >= 0.3 is 0 Å². The molecule has 2 rings (SSSR count). The third-order valence-corrected chi connectivity index (χ3v) is 3.13. The lowest BCUT2D eigenvalue weighted by Crippen LogP contribution is -2.25. The van der Waals surface area contributed by atoms with Crippen molar-refractivity contribution in [2.45, 2.75) is 20.0 Å². The van der Waals surface area contributed by atoms with Gasteiger partial charge in [0.1, 0.15) is 5.82 Å². The number of benzene rings is 1. The quantitative estimate of drug-likeness (QED) is 0.860. The van der Waals surface area contributed by atoms with Crippen molar-refractivity contribution in [2.75, 3.05) is 18.5 Å². The molecule has 1 aromatic heterocycles. The molecule has 0 atom stereocenters. The van der Waals surface area contributed by atoms with Crippen molar-refractivity contribution in [2.24, 2.45) is 0 Å². The van der Waals surface area contributed by atoms with Crippen LogP contribution >= 0.6 is 0 Å². The Kier molecular flexibility index (Phi) is 4.93. The molecule has 0 aliphatic heterocycles. The Morgan fingerprint density at radius 3 is 2.58 bits per heavy atom. The molecule has 0 spiro atoms. The number of nitrogens with one attached hydrogen (secondary N) is 1. The molecule has 0 radical (unpaired) electrons. The van der Waals surface area contributed by atoms with Gasteiger partial charge in [-0.25, -0.2) is 4.98 Å². The van der Waals surface area contributed by atoms with Crippen LogP contribution in [0.15, 0.2) is 48.7 Å². The smallest absolute Gasteiger partial charge is 0.133 e. The minimum atomic E-state index is 0.842. The van der Waals surface area contributed by atoms with Gasteiger partial charge in [0, 0.05) is 31.4 Å².